The van der Waals surface area contributed by atoms with Crippen LogP contribution in [0.5, 0.6) is 11.5 Å². The largest absolute Gasteiger partial charge is 0.490 e. The highest BCUT2D eigenvalue weighted by molar-refractivity contribution is 5.81. The van der Waals surface area contributed by atoms with Crippen molar-refractivity contribution in [3.05, 3.63) is 48.0 Å². The Hall–Kier alpha value is -3.42. The summed E-state index contributed by atoms with van der Waals surface area (Å²) in [5, 5.41) is 15.3. The Balaban J connectivity index is 1.52. The molecule has 0 aliphatic carbocycles. The minimum absolute atomic E-state index is 0.598. The minimum Gasteiger partial charge on any atom is -0.490 e. The quantitative estimate of drug-likeness (QED) is 0.504. The van der Waals surface area contributed by atoms with Crippen molar-refractivity contribution in [3.8, 4) is 11.5 Å². The van der Waals surface area contributed by atoms with Crippen molar-refractivity contribution in [2.45, 2.75) is 20.3 Å². The van der Waals surface area contributed by atoms with Crippen molar-refractivity contribution >= 4 is 22.5 Å². The molecule has 0 aliphatic rings. The van der Waals surface area contributed by atoms with Crippen LogP contribution in [0.1, 0.15) is 19.4 Å². The lowest BCUT2D eigenvalue weighted by Gasteiger charge is -2.13. The van der Waals surface area contributed by atoms with Crippen LogP contribution in [0, 0.1) is 0 Å². The number of hydrogen-bond donors (Lipinski definition) is 1. The zero-order valence-corrected chi connectivity index (χ0v) is 15.9. The number of nitrogens with zero attached hydrogens (tertiary/aromatic N) is 5. The van der Waals surface area contributed by atoms with E-state index in [4.69, 9.17) is 9.47 Å². The summed E-state index contributed by atoms with van der Waals surface area (Å²) in [6, 6.07) is 13.8. The molecule has 28 heavy (non-hydrogen) atoms. The number of hydrogen-bond acceptors (Lipinski definition) is 7. The molecule has 8 heteroatoms. The molecule has 0 fully saturated rings. The van der Waals surface area contributed by atoms with Crippen LogP contribution in [0.25, 0.3) is 16.7 Å². The van der Waals surface area contributed by atoms with Crippen LogP contribution in [0.4, 0.5) is 5.82 Å². The van der Waals surface area contributed by atoms with Gasteiger partial charge in [0.05, 0.1) is 24.2 Å². The molecule has 8 nitrogen and oxygen atoms in total. The van der Waals surface area contributed by atoms with Crippen LogP contribution in [0.2, 0.25) is 0 Å². The number of tetrazole rings is 1. The summed E-state index contributed by atoms with van der Waals surface area (Å²) in [6.45, 7) is 5.82. The number of fused-ring (bicyclic) bond motifs is 3. The summed E-state index contributed by atoms with van der Waals surface area (Å²) in [7, 11) is 0. The summed E-state index contributed by atoms with van der Waals surface area (Å²) in [5.74, 6) is 2.21. The average molecular weight is 378 g/mol. The van der Waals surface area contributed by atoms with Gasteiger partial charge >= 0.3 is 0 Å². The maximum atomic E-state index is 5.70. The number of benzene rings is 2. The van der Waals surface area contributed by atoms with Crippen LogP contribution < -0.4 is 14.8 Å². The second kappa shape index (κ2) is 8.08. The van der Waals surface area contributed by atoms with Gasteiger partial charge in [0, 0.05) is 6.54 Å². The second-order valence-corrected chi connectivity index (χ2v) is 6.19. The van der Waals surface area contributed by atoms with E-state index in [0.717, 1.165) is 34.5 Å². The summed E-state index contributed by atoms with van der Waals surface area (Å²) in [6.07, 6.45) is 0.800. The highest BCUT2D eigenvalue weighted by Gasteiger charge is 2.11. The van der Waals surface area contributed by atoms with Crippen molar-refractivity contribution < 1.29 is 9.47 Å². The van der Waals surface area contributed by atoms with Gasteiger partial charge in [-0.05, 0) is 60.5 Å². The molecule has 144 valence electrons. The Bertz CT molecular complexity index is 1090. The Morgan fingerprint density at radius 2 is 1.82 bits per heavy atom. The minimum atomic E-state index is 0.598. The van der Waals surface area contributed by atoms with E-state index in [1.54, 1.807) is 4.52 Å². The summed E-state index contributed by atoms with van der Waals surface area (Å²) < 4.78 is 13.0. The number of anilines is 1. The van der Waals surface area contributed by atoms with Gasteiger partial charge in [-0.15, -0.1) is 5.10 Å². The summed E-state index contributed by atoms with van der Waals surface area (Å²) in [4.78, 5) is 4.67. The van der Waals surface area contributed by atoms with Crippen LogP contribution in [0.15, 0.2) is 42.5 Å². The number of ether oxygens (including phenoxy) is 2. The highest BCUT2D eigenvalue weighted by Crippen LogP contribution is 2.28. The Labute approximate surface area is 162 Å². The standard InChI is InChI=1S/C20H22N6O2/c1-3-27-17-10-9-14(13-18(17)28-4-2)11-12-21-19-20-23-24-25-26(20)16-8-6-5-7-15(16)22-19/h5-10,13H,3-4,11-12H2,1-2H3,(H,21,22). The normalized spacial score (nSPS) is 11.1. The van der Waals surface area contributed by atoms with Crippen molar-refractivity contribution in [2.75, 3.05) is 25.1 Å². The SMILES string of the molecule is CCOc1ccc(CCNc2nc3ccccc3n3nnnc23)cc1OCC. The number of rotatable bonds is 8. The Morgan fingerprint density at radius 1 is 1.00 bits per heavy atom. The molecule has 0 spiro atoms. The van der Waals surface area contributed by atoms with Gasteiger partial charge in [-0.3, -0.25) is 0 Å². The molecule has 4 rings (SSSR count). The number of para-hydroxylation sites is 2. The molecule has 0 aliphatic heterocycles. The highest BCUT2D eigenvalue weighted by atomic mass is 16.5. The summed E-state index contributed by atoms with van der Waals surface area (Å²) in [5.41, 5.74) is 3.47. The Morgan fingerprint density at radius 3 is 2.68 bits per heavy atom. The van der Waals surface area contributed by atoms with Crippen LogP contribution in [-0.2, 0) is 6.42 Å². The zero-order valence-electron chi connectivity index (χ0n) is 15.9. The molecule has 0 saturated heterocycles. The van der Waals surface area contributed by atoms with E-state index in [0.29, 0.717) is 31.2 Å². The molecule has 2 heterocycles. The van der Waals surface area contributed by atoms with Gasteiger partial charge in [0.2, 0.25) is 5.65 Å². The molecule has 0 unspecified atom stereocenters. The lowest BCUT2D eigenvalue weighted by Crippen LogP contribution is -2.09. The van der Waals surface area contributed by atoms with E-state index in [2.05, 4.69) is 31.9 Å². The van der Waals surface area contributed by atoms with Gasteiger partial charge in [-0.1, -0.05) is 18.2 Å². The molecule has 0 bridgehead atoms. The van der Waals surface area contributed by atoms with Gasteiger partial charge in [0.15, 0.2) is 17.3 Å². The molecular weight excluding hydrogens is 356 g/mol. The fourth-order valence-electron chi connectivity index (χ4n) is 3.10. The lowest BCUT2D eigenvalue weighted by molar-refractivity contribution is 0.287. The van der Waals surface area contributed by atoms with Crippen LogP contribution in [0.3, 0.4) is 0 Å². The van der Waals surface area contributed by atoms with Crippen molar-refractivity contribution in [2.24, 2.45) is 0 Å². The molecule has 0 atom stereocenters. The fraction of sp³-hybridized carbons (Fsp3) is 0.300. The van der Waals surface area contributed by atoms with E-state index in [1.807, 2.05) is 50.2 Å². The lowest BCUT2D eigenvalue weighted by atomic mass is 10.1. The first-order valence-corrected chi connectivity index (χ1v) is 9.39. The van der Waals surface area contributed by atoms with E-state index < -0.39 is 0 Å². The predicted molar refractivity (Wildman–Crippen MR) is 107 cm³/mol. The van der Waals surface area contributed by atoms with Crippen molar-refractivity contribution in [1.82, 2.24) is 25.0 Å². The third kappa shape index (κ3) is 3.53. The van der Waals surface area contributed by atoms with Gasteiger partial charge < -0.3 is 14.8 Å². The molecule has 4 aromatic rings. The van der Waals surface area contributed by atoms with Crippen LogP contribution >= 0.6 is 0 Å². The predicted octanol–water partition coefficient (Wildman–Crippen LogP) is 3.12. The summed E-state index contributed by atoms with van der Waals surface area (Å²) >= 11 is 0. The molecule has 0 saturated carbocycles. The third-order valence-electron chi connectivity index (χ3n) is 4.34. The first kappa shape index (κ1) is 18.0. The van der Waals surface area contributed by atoms with E-state index >= 15 is 0 Å². The molecular formula is C20H22N6O2. The Kier molecular flexibility index (Phi) is 5.18. The van der Waals surface area contributed by atoms with Crippen LogP contribution in [-0.4, -0.2) is 44.8 Å². The monoisotopic (exact) mass is 378 g/mol. The topological polar surface area (TPSA) is 86.5 Å². The van der Waals surface area contributed by atoms with Gasteiger partial charge in [-0.2, -0.15) is 4.52 Å². The van der Waals surface area contributed by atoms with Gasteiger partial charge in [-0.25, -0.2) is 4.98 Å². The average Bonchev–Trinajstić information content (AvgIpc) is 3.21. The number of aromatic nitrogens is 5. The zero-order chi connectivity index (χ0) is 19.3. The third-order valence-corrected chi connectivity index (χ3v) is 4.34. The second-order valence-electron chi connectivity index (χ2n) is 6.19. The molecule has 0 radical (unpaired) electrons. The molecule has 2 aromatic carbocycles. The molecule has 1 N–H and O–H groups in total. The van der Waals surface area contributed by atoms with Crippen molar-refractivity contribution in [3.63, 3.8) is 0 Å². The first-order valence-electron chi connectivity index (χ1n) is 9.39. The van der Waals surface area contributed by atoms with Crippen molar-refractivity contribution in [1.29, 1.82) is 0 Å². The van der Waals surface area contributed by atoms with E-state index in [1.165, 1.54) is 0 Å². The van der Waals surface area contributed by atoms with E-state index in [9.17, 15) is 0 Å². The fourth-order valence-corrected chi connectivity index (χ4v) is 3.10. The first-order chi connectivity index (χ1) is 13.8. The molecule has 0 amide bonds. The number of nitrogens with one attached hydrogen (secondary N) is 1. The van der Waals surface area contributed by atoms with Gasteiger partial charge in [0.25, 0.3) is 0 Å². The maximum Gasteiger partial charge on any atom is 0.222 e. The smallest absolute Gasteiger partial charge is 0.222 e. The molecule has 2 aromatic heterocycles. The van der Waals surface area contributed by atoms with Gasteiger partial charge in [0.1, 0.15) is 0 Å². The maximum absolute atomic E-state index is 5.70. The van der Waals surface area contributed by atoms with E-state index in [-0.39, 0.29) is 0 Å².